The average Bonchev–Trinajstić information content (AvgIpc) is 3.77. The van der Waals surface area contributed by atoms with E-state index in [2.05, 4.69) is 14.9 Å². The van der Waals surface area contributed by atoms with Crippen molar-refractivity contribution in [3.05, 3.63) is 47.3 Å². The summed E-state index contributed by atoms with van der Waals surface area (Å²) in [5.41, 5.74) is 0.718. The summed E-state index contributed by atoms with van der Waals surface area (Å²) in [6.07, 6.45) is 2.46. The quantitative estimate of drug-likeness (QED) is 0.559. The lowest BCUT2D eigenvalue weighted by Crippen LogP contribution is -2.53. The van der Waals surface area contributed by atoms with Gasteiger partial charge < -0.3 is 24.4 Å². The molecule has 1 aromatic carbocycles. The van der Waals surface area contributed by atoms with E-state index >= 15 is 0 Å². The van der Waals surface area contributed by atoms with Crippen LogP contribution in [0, 0.1) is 0 Å². The van der Waals surface area contributed by atoms with Crippen molar-refractivity contribution < 1.29 is 37.3 Å². The fraction of sp³-hybridized carbons (Fsp3) is 0.621. The number of carbonyl (C=O) groups excluding carboxylic acids is 1. The van der Waals surface area contributed by atoms with Crippen LogP contribution in [0.15, 0.2) is 30.5 Å². The zero-order valence-electron chi connectivity index (χ0n) is 23.7. The number of rotatable bonds is 4. The summed E-state index contributed by atoms with van der Waals surface area (Å²) in [6, 6.07) is 5.08. The molecule has 1 N–H and O–H groups in total. The summed E-state index contributed by atoms with van der Waals surface area (Å²) in [5.74, 6) is -1.18. The number of benzene rings is 1. The predicted molar refractivity (Wildman–Crippen MR) is 148 cm³/mol. The average molecular weight is 594 g/mol. The molecule has 0 unspecified atom stereocenters. The van der Waals surface area contributed by atoms with E-state index in [-0.39, 0.29) is 17.3 Å². The van der Waals surface area contributed by atoms with Crippen molar-refractivity contribution in [1.29, 1.82) is 0 Å². The fourth-order valence-corrected chi connectivity index (χ4v) is 6.38. The number of carboxylic acids is 1. The van der Waals surface area contributed by atoms with Crippen molar-refractivity contribution in [3.8, 4) is 0 Å². The Kier molecular flexibility index (Phi) is 9.38. The Hall–Kier alpha value is -3.16. The van der Waals surface area contributed by atoms with Crippen LogP contribution >= 0.6 is 0 Å². The van der Waals surface area contributed by atoms with E-state index in [9.17, 15) is 22.8 Å². The first-order valence-corrected chi connectivity index (χ1v) is 14.6. The maximum absolute atomic E-state index is 13.4. The number of halogens is 3. The van der Waals surface area contributed by atoms with E-state index < -0.39 is 17.7 Å². The van der Waals surface area contributed by atoms with E-state index in [1.165, 1.54) is 24.4 Å². The molecule has 1 spiro atoms. The van der Waals surface area contributed by atoms with Gasteiger partial charge in [0.25, 0.3) is 0 Å². The lowest BCUT2D eigenvalue weighted by atomic mass is 9.84. The lowest BCUT2D eigenvalue weighted by Gasteiger charge is -2.45. The molecule has 0 bridgehead atoms. The second-order valence-electron chi connectivity index (χ2n) is 11.2. The molecule has 4 saturated heterocycles. The molecule has 0 radical (unpaired) electrons. The first-order chi connectivity index (χ1) is 20.2. The number of amides is 1. The molecule has 0 aliphatic carbocycles. The second-order valence-corrected chi connectivity index (χ2v) is 11.2. The fourth-order valence-electron chi connectivity index (χ4n) is 6.38. The van der Waals surface area contributed by atoms with Gasteiger partial charge in [0.1, 0.15) is 0 Å². The van der Waals surface area contributed by atoms with Gasteiger partial charge in [-0.2, -0.15) is 23.0 Å². The Morgan fingerprint density at radius 2 is 1.57 bits per heavy atom. The van der Waals surface area contributed by atoms with Crippen molar-refractivity contribution in [1.82, 2.24) is 19.6 Å². The first kappa shape index (κ1) is 30.3. The Labute approximate surface area is 242 Å². The van der Waals surface area contributed by atoms with Gasteiger partial charge in [-0.25, -0.2) is 9.59 Å². The van der Waals surface area contributed by atoms with Gasteiger partial charge in [0.05, 0.1) is 32.0 Å². The van der Waals surface area contributed by atoms with E-state index in [1.54, 1.807) is 11.0 Å². The molecule has 5 heterocycles. The molecule has 13 heteroatoms. The minimum absolute atomic E-state index is 0.0991. The van der Waals surface area contributed by atoms with Crippen LogP contribution < -0.4 is 4.90 Å². The lowest BCUT2D eigenvalue weighted by molar-refractivity contribution is -0.137. The molecule has 2 aromatic rings. The molecule has 0 saturated carbocycles. The summed E-state index contributed by atoms with van der Waals surface area (Å²) >= 11 is 0. The van der Waals surface area contributed by atoms with Crippen LogP contribution in [0.25, 0.3) is 0 Å². The molecule has 0 atom stereocenters. The number of aromatic nitrogens is 2. The number of carboxylic acid groups (broad SMARTS) is 1. The van der Waals surface area contributed by atoms with Crippen molar-refractivity contribution >= 4 is 17.7 Å². The van der Waals surface area contributed by atoms with Gasteiger partial charge in [-0.1, -0.05) is 6.07 Å². The van der Waals surface area contributed by atoms with Crippen LogP contribution in [0.5, 0.6) is 0 Å². The highest BCUT2D eigenvalue weighted by Crippen LogP contribution is 2.41. The van der Waals surface area contributed by atoms with Gasteiger partial charge in [-0.05, 0) is 68.8 Å². The number of hydrogen-bond acceptors (Lipinski definition) is 7. The molecule has 4 fully saturated rings. The van der Waals surface area contributed by atoms with Gasteiger partial charge in [-0.15, -0.1) is 0 Å². The molecule has 1 amide bonds. The number of ether oxygens (including phenoxy) is 2. The number of aromatic carboxylic acids is 1. The third-order valence-corrected chi connectivity index (χ3v) is 8.67. The topological polar surface area (TPSA) is 100 Å². The highest BCUT2D eigenvalue weighted by atomic mass is 19.4. The van der Waals surface area contributed by atoms with Gasteiger partial charge >= 0.3 is 18.2 Å². The third-order valence-electron chi connectivity index (χ3n) is 8.67. The van der Waals surface area contributed by atoms with Crippen molar-refractivity contribution in [3.63, 3.8) is 0 Å². The number of anilines is 1. The van der Waals surface area contributed by atoms with Crippen molar-refractivity contribution in [2.24, 2.45) is 0 Å². The Bertz CT molecular complexity index is 1220. The zero-order valence-corrected chi connectivity index (χ0v) is 23.7. The monoisotopic (exact) mass is 593 g/mol. The summed E-state index contributed by atoms with van der Waals surface area (Å²) in [7, 11) is 0. The molecule has 4 aliphatic rings. The number of likely N-dealkylation sites (tertiary alicyclic amines) is 2. The number of piperidine rings is 1. The minimum Gasteiger partial charge on any atom is -0.476 e. The molecular weight excluding hydrogens is 555 g/mol. The summed E-state index contributed by atoms with van der Waals surface area (Å²) in [4.78, 5) is 30.1. The first-order valence-electron chi connectivity index (χ1n) is 14.6. The second kappa shape index (κ2) is 13.0. The van der Waals surface area contributed by atoms with Gasteiger partial charge in [0, 0.05) is 50.1 Å². The van der Waals surface area contributed by atoms with Crippen LogP contribution in [0.4, 0.5) is 23.7 Å². The number of alkyl halides is 3. The number of hydrogen-bond donors (Lipinski definition) is 1. The Morgan fingerprint density at radius 3 is 2.14 bits per heavy atom. The van der Waals surface area contributed by atoms with Crippen LogP contribution in [-0.4, -0.2) is 101 Å². The Balaban J connectivity index is 0.000000524. The van der Waals surface area contributed by atoms with Gasteiger partial charge in [0.15, 0.2) is 5.69 Å². The van der Waals surface area contributed by atoms with Gasteiger partial charge in [-0.3, -0.25) is 4.90 Å². The molecule has 6 rings (SSSR count). The van der Waals surface area contributed by atoms with Crippen LogP contribution in [0.2, 0.25) is 0 Å². The zero-order chi connectivity index (χ0) is 29.7. The van der Waals surface area contributed by atoms with E-state index in [0.717, 1.165) is 94.8 Å². The van der Waals surface area contributed by atoms with E-state index in [0.29, 0.717) is 25.3 Å². The third kappa shape index (κ3) is 6.90. The largest absolute Gasteiger partial charge is 0.476 e. The highest BCUT2D eigenvalue weighted by Gasteiger charge is 2.44. The molecule has 4 aliphatic heterocycles. The highest BCUT2D eigenvalue weighted by molar-refractivity contribution is 5.86. The maximum atomic E-state index is 13.4. The Morgan fingerprint density at radius 1 is 0.905 bits per heavy atom. The normalized spacial score (nSPS) is 20.9. The number of nitrogens with zero attached hydrogens (tertiary/aromatic N) is 5. The molecule has 42 heavy (non-hydrogen) atoms. The number of carbonyl (C=O) groups is 2. The molecule has 10 nitrogen and oxygen atoms in total. The van der Waals surface area contributed by atoms with Gasteiger partial charge in [0.2, 0.25) is 0 Å². The standard InChI is InChI=1S/C25H30F3N5O3.C4H8O2/c26-25(27,28)19-5-4-18(21(16-19)30-10-1-2-11-30)17-32-12-3-7-24(32)8-14-31(15-9-24)23(36)33-13-6-20(29-33)22(34)35;1-2-6-4-3-5-1/h4-6,13,16H,1-3,7-12,14-15,17H2,(H,34,35);1-4H2. The maximum Gasteiger partial charge on any atom is 0.416 e. The summed E-state index contributed by atoms with van der Waals surface area (Å²) < 4.78 is 51.3. The van der Waals surface area contributed by atoms with Crippen LogP contribution in [0.3, 0.4) is 0 Å². The van der Waals surface area contributed by atoms with E-state index in [4.69, 9.17) is 14.6 Å². The van der Waals surface area contributed by atoms with Crippen molar-refractivity contribution in [2.75, 3.05) is 64.1 Å². The summed E-state index contributed by atoms with van der Waals surface area (Å²) in [6.45, 7) is 7.14. The predicted octanol–water partition coefficient (Wildman–Crippen LogP) is 4.33. The molecular formula is C29H38F3N5O5. The molecule has 1 aromatic heterocycles. The SMILES string of the molecule is C1COCCO1.O=C(O)c1ccn(C(=O)N2CCC3(CCCN3Cc3ccc(C(F)(F)F)cc3N3CCCC3)CC2)n1. The van der Waals surface area contributed by atoms with Crippen LogP contribution in [0.1, 0.15) is 60.1 Å². The van der Waals surface area contributed by atoms with Crippen LogP contribution in [-0.2, 0) is 22.2 Å². The molecule has 230 valence electrons. The smallest absolute Gasteiger partial charge is 0.416 e. The summed E-state index contributed by atoms with van der Waals surface area (Å²) in [5, 5.41) is 12.9. The van der Waals surface area contributed by atoms with Crippen molar-refractivity contribution in [2.45, 2.75) is 56.8 Å². The van der Waals surface area contributed by atoms with E-state index in [1.807, 2.05) is 0 Å². The minimum atomic E-state index is -4.37.